The van der Waals surface area contributed by atoms with Gasteiger partial charge in [-0.2, -0.15) is 0 Å². The Hall–Kier alpha value is -3.36. The van der Waals surface area contributed by atoms with Crippen LogP contribution in [-0.4, -0.2) is 79.7 Å². The third-order valence-corrected chi connectivity index (χ3v) is 6.65. The van der Waals surface area contributed by atoms with Gasteiger partial charge in [-0.25, -0.2) is 0 Å². The molecule has 8 nitrogen and oxygen atoms in total. The summed E-state index contributed by atoms with van der Waals surface area (Å²) in [7, 11) is 1.55. The highest BCUT2D eigenvalue weighted by Gasteiger charge is 2.46. The molecule has 4 rings (SSSR count). The Labute approximate surface area is 212 Å². The van der Waals surface area contributed by atoms with Gasteiger partial charge in [-0.1, -0.05) is 35.9 Å². The number of hydrogen-bond acceptors (Lipinski definition) is 7. The lowest BCUT2D eigenvalue weighted by atomic mass is 9.94. The third-order valence-electron chi connectivity index (χ3n) is 6.65. The number of likely N-dealkylation sites (tertiary alicyclic amines) is 1. The molecule has 2 saturated heterocycles. The minimum Gasteiger partial charge on any atom is -0.507 e. The molecule has 8 heteroatoms. The molecule has 0 unspecified atom stereocenters. The molecule has 0 spiro atoms. The number of rotatable bonds is 9. The molecule has 36 heavy (non-hydrogen) atoms. The van der Waals surface area contributed by atoms with Crippen LogP contribution in [-0.2, 0) is 14.3 Å². The molecule has 1 amide bonds. The number of nitrogens with zero attached hydrogens (tertiary/aromatic N) is 2. The number of carbonyl (C=O) groups excluding carboxylic acids is 2. The van der Waals surface area contributed by atoms with Gasteiger partial charge in [0.25, 0.3) is 11.7 Å². The first-order valence-corrected chi connectivity index (χ1v) is 12.4. The number of aliphatic hydroxyl groups is 1. The number of morpholine rings is 1. The van der Waals surface area contributed by atoms with E-state index in [9.17, 15) is 14.7 Å². The first-order valence-electron chi connectivity index (χ1n) is 12.4. The third kappa shape index (κ3) is 5.39. The number of benzene rings is 2. The molecule has 0 bridgehead atoms. The lowest BCUT2D eigenvalue weighted by molar-refractivity contribution is -0.140. The van der Waals surface area contributed by atoms with E-state index in [1.54, 1.807) is 36.3 Å². The number of methoxy groups -OCH3 is 1. The summed E-state index contributed by atoms with van der Waals surface area (Å²) in [6.07, 6.45) is 0.697. The summed E-state index contributed by atoms with van der Waals surface area (Å²) in [5.41, 5.74) is 2.29. The van der Waals surface area contributed by atoms with Crippen LogP contribution in [0.25, 0.3) is 5.76 Å². The maximum Gasteiger partial charge on any atom is 0.295 e. The van der Waals surface area contributed by atoms with Crippen molar-refractivity contribution in [2.75, 3.05) is 53.1 Å². The Kier molecular flexibility index (Phi) is 8.28. The summed E-state index contributed by atoms with van der Waals surface area (Å²) in [5, 5.41) is 11.2. The van der Waals surface area contributed by atoms with Crippen LogP contribution in [0.5, 0.6) is 11.5 Å². The summed E-state index contributed by atoms with van der Waals surface area (Å²) in [5.74, 6) is -0.391. The Morgan fingerprint density at radius 3 is 2.44 bits per heavy atom. The zero-order valence-electron chi connectivity index (χ0n) is 21.2. The second kappa shape index (κ2) is 11.6. The minimum absolute atomic E-state index is 0.0847. The van der Waals surface area contributed by atoms with Crippen molar-refractivity contribution < 1.29 is 28.9 Å². The molecule has 0 radical (unpaired) electrons. The average molecular weight is 495 g/mol. The lowest BCUT2D eigenvalue weighted by Crippen LogP contribution is -2.39. The van der Waals surface area contributed by atoms with Gasteiger partial charge in [0, 0.05) is 31.7 Å². The summed E-state index contributed by atoms with van der Waals surface area (Å²) in [4.78, 5) is 30.4. The summed E-state index contributed by atoms with van der Waals surface area (Å²) in [6, 6.07) is 11.9. The fourth-order valence-corrected chi connectivity index (χ4v) is 4.74. The van der Waals surface area contributed by atoms with E-state index in [2.05, 4.69) is 4.90 Å². The minimum atomic E-state index is -0.736. The van der Waals surface area contributed by atoms with Crippen molar-refractivity contribution in [2.45, 2.75) is 26.3 Å². The van der Waals surface area contributed by atoms with Crippen LogP contribution in [0, 0.1) is 6.92 Å². The lowest BCUT2D eigenvalue weighted by Gasteiger charge is -2.29. The van der Waals surface area contributed by atoms with Gasteiger partial charge in [-0.3, -0.25) is 14.5 Å². The molecule has 2 fully saturated rings. The number of carbonyl (C=O) groups is 2. The van der Waals surface area contributed by atoms with E-state index in [1.165, 1.54) is 0 Å². The molecular weight excluding hydrogens is 460 g/mol. The van der Waals surface area contributed by atoms with E-state index < -0.39 is 17.7 Å². The number of ketones is 1. The van der Waals surface area contributed by atoms with E-state index in [-0.39, 0.29) is 11.3 Å². The van der Waals surface area contributed by atoms with Crippen LogP contribution in [0.3, 0.4) is 0 Å². The zero-order chi connectivity index (χ0) is 25.7. The van der Waals surface area contributed by atoms with E-state index in [0.717, 1.165) is 25.2 Å². The van der Waals surface area contributed by atoms with Gasteiger partial charge in [0.2, 0.25) is 0 Å². The van der Waals surface area contributed by atoms with E-state index >= 15 is 0 Å². The van der Waals surface area contributed by atoms with Crippen LogP contribution in [0.2, 0.25) is 0 Å². The normalized spacial score (nSPS) is 20.1. The van der Waals surface area contributed by atoms with Crippen molar-refractivity contribution >= 4 is 17.4 Å². The predicted molar refractivity (Wildman–Crippen MR) is 136 cm³/mol. The first-order chi connectivity index (χ1) is 17.4. The Balaban J connectivity index is 1.71. The standard InChI is InChI=1S/C28H34N2O6/c1-4-36-22-11-10-21(18-23(22)34-3)25-24(26(31)20-8-6-19(2)7-9-20)27(32)28(33)30(25)13-5-12-29-14-16-35-17-15-29/h6-11,18,25,31H,4-5,12-17H2,1-3H3/b26-24+/t25-/m1/s1. The fraction of sp³-hybridized carbons (Fsp3) is 0.429. The molecule has 2 aromatic carbocycles. The van der Waals surface area contributed by atoms with Crippen molar-refractivity contribution in [2.24, 2.45) is 0 Å². The van der Waals surface area contributed by atoms with Gasteiger partial charge in [0.1, 0.15) is 5.76 Å². The van der Waals surface area contributed by atoms with Crippen LogP contribution >= 0.6 is 0 Å². The van der Waals surface area contributed by atoms with Gasteiger partial charge in [-0.05, 0) is 38.0 Å². The molecular formula is C28H34N2O6. The number of Topliss-reactive ketones (excluding diaryl/α,β-unsaturated/α-hetero) is 1. The Morgan fingerprint density at radius 1 is 1.06 bits per heavy atom. The first kappa shape index (κ1) is 25.7. The maximum atomic E-state index is 13.3. The van der Waals surface area contributed by atoms with Crippen LogP contribution in [0.4, 0.5) is 0 Å². The predicted octanol–water partition coefficient (Wildman–Crippen LogP) is 3.55. The molecule has 1 atom stereocenters. The molecule has 1 N–H and O–H groups in total. The van der Waals surface area contributed by atoms with Gasteiger partial charge < -0.3 is 24.2 Å². The monoisotopic (exact) mass is 494 g/mol. The number of amides is 1. The van der Waals surface area contributed by atoms with Crippen molar-refractivity contribution in [1.82, 2.24) is 9.80 Å². The molecule has 0 aliphatic carbocycles. The van der Waals surface area contributed by atoms with Crippen LogP contribution in [0.1, 0.15) is 36.1 Å². The van der Waals surface area contributed by atoms with Crippen molar-refractivity contribution in [3.05, 3.63) is 64.7 Å². The topological polar surface area (TPSA) is 88.5 Å². The highest BCUT2D eigenvalue weighted by atomic mass is 16.5. The summed E-state index contributed by atoms with van der Waals surface area (Å²) in [6.45, 7) is 8.60. The van der Waals surface area contributed by atoms with Crippen molar-refractivity contribution in [1.29, 1.82) is 0 Å². The molecule has 2 aliphatic rings. The number of hydrogen-bond donors (Lipinski definition) is 1. The van der Waals surface area contributed by atoms with Gasteiger partial charge in [-0.15, -0.1) is 0 Å². The quantitative estimate of drug-likeness (QED) is 0.324. The van der Waals surface area contributed by atoms with E-state index in [1.807, 2.05) is 32.0 Å². The van der Waals surface area contributed by atoms with Gasteiger partial charge in [0.05, 0.1) is 38.5 Å². The van der Waals surface area contributed by atoms with Gasteiger partial charge >= 0.3 is 0 Å². The Morgan fingerprint density at radius 2 is 1.78 bits per heavy atom. The number of ether oxygens (including phenoxy) is 3. The largest absolute Gasteiger partial charge is 0.507 e. The number of aliphatic hydroxyl groups excluding tert-OH is 1. The second-order valence-electron chi connectivity index (χ2n) is 9.01. The van der Waals surface area contributed by atoms with E-state index in [0.29, 0.717) is 55.4 Å². The molecule has 0 saturated carbocycles. The molecule has 192 valence electrons. The highest BCUT2D eigenvalue weighted by Crippen LogP contribution is 2.42. The molecule has 2 aliphatic heterocycles. The van der Waals surface area contributed by atoms with Crippen LogP contribution in [0.15, 0.2) is 48.0 Å². The molecule has 2 heterocycles. The zero-order valence-corrected chi connectivity index (χ0v) is 21.2. The molecule has 2 aromatic rings. The SMILES string of the molecule is CCOc1ccc([C@@H]2/C(=C(\O)c3ccc(C)cc3)C(=O)C(=O)N2CCCN2CCOCC2)cc1OC. The smallest absolute Gasteiger partial charge is 0.295 e. The molecule has 0 aromatic heterocycles. The Bertz CT molecular complexity index is 1120. The fourth-order valence-electron chi connectivity index (χ4n) is 4.74. The second-order valence-corrected chi connectivity index (χ2v) is 9.01. The highest BCUT2D eigenvalue weighted by molar-refractivity contribution is 6.46. The number of aryl methyl sites for hydroxylation is 1. The maximum absolute atomic E-state index is 13.3. The van der Waals surface area contributed by atoms with Crippen molar-refractivity contribution in [3.63, 3.8) is 0 Å². The summed E-state index contributed by atoms with van der Waals surface area (Å²) >= 11 is 0. The van der Waals surface area contributed by atoms with E-state index in [4.69, 9.17) is 14.2 Å². The average Bonchev–Trinajstić information content (AvgIpc) is 3.15. The van der Waals surface area contributed by atoms with Gasteiger partial charge in [0.15, 0.2) is 11.5 Å². The van der Waals surface area contributed by atoms with Crippen molar-refractivity contribution in [3.8, 4) is 11.5 Å². The van der Waals surface area contributed by atoms with Crippen LogP contribution < -0.4 is 9.47 Å². The summed E-state index contributed by atoms with van der Waals surface area (Å²) < 4.78 is 16.6.